The first-order valence-corrected chi connectivity index (χ1v) is 11.0. The van der Waals surface area contributed by atoms with E-state index in [0.717, 1.165) is 11.1 Å². The van der Waals surface area contributed by atoms with Crippen molar-refractivity contribution in [2.45, 2.75) is 18.7 Å². The molecule has 9 heteroatoms. The zero-order valence-electron chi connectivity index (χ0n) is 16.3. The molecule has 0 spiro atoms. The van der Waals surface area contributed by atoms with Gasteiger partial charge in [-0.25, -0.2) is 8.42 Å². The van der Waals surface area contributed by atoms with Crippen molar-refractivity contribution in [2.75, 3.05) is 38.2 Å². The molecule has 0 radical (unpaired) electrons. The number of carbonyl (C=O) groups is 1. The zero-order valence-corrected chi connectivity index (χ0v) is 17.8. The molecule has 1 fully saturated rings. The number of hydrogen-bond acceptors (Lipinski definition) is 5. The van der Waals surface area contributed by atoms with Crippen LogP contribution in [-0.2, 0) is 19.6 Å². The fourth-order valence-electron chi connectivity index (χ4n) is 3.07. The molecule has 1 saturated heterocycles. The Kier molecular flexibility index (Phi) is 6.79. The van der Waals surface area contributed by atoms with Gasteiger partial charge in [0.15, 0.2) is 6.61 Å². The molecule has 3 rings (SSSR count). The topological polar surface area (TPSA) is 84.9 Å². The number of rotatable bonds is 6. The van der Waals surface area contributed by atoms with Crippen LogP contribution in [0.1, 0.15) is 11.1 Å². The zero-order chi connectivity index (χ0) is 21.0. The minimum Gasteiger partial charge on any atom is -0.483 e. The predicted octanol–water partition coefficient (Wildman–Crippen LogP) is 3.00. The Balaban J connectivity index is 1.71. The van der Waals surface area contributed by atoms with Crippen molar-refractivity contribution in [1.29, 1.82) is 0 Å². The van der Waals surface area contributed by atoms with Crippen molar-refractivity contribution in [3.63, 3.8) is 0 Å². The van der Waals surface area contributed by atoms with Crippen LogP contribution in [-0.4, -0.2) is 51.5 Å². The third-order valence-electron chi connectivity index (χ3n) is 4.56. The molecule has 1 amide bonds. The second-order valence-corrected chi connectivity index (χ2v) is 9.03. The summed E-state index contributed by atoms with van der Waals surface area (Å²) < 4.78 is 37.9. The summed E-state index contributed by atoms with van der Waals surface area (Å²) in [6.07, 6.45) is 0. The second-order valence-electron chi connectivity index (χ2n) is 6.72. The maximum Gasteiger partial charge on any atom is 0.262 e. The minimum atomic E-state index is -3.78. The van der Waals surface area contributed by atoms with Crippen LogP contribution >= 0.6 is 11.6 Å². The van der Waals surface area contributed by atoms with E-state index >= 15 is 0 Å². The average molecular weight is 439 g/mol. The summed E-state index contributed by atoms with van der Waals surface area (Å²) in [5, 5.41) is 2.76. The molecule has 0 bridgehead atoms. The maximum absolute atomic E-state index is 12.9. The fourth-order valence-corrected chi connectivity index (χ4v) is 4.97. The predicted molar refractivity (Wildman–Crippen MR) is 111 cm³/mol. The SMILES string of the molecule is Cc1cccc(C)c1OCC(=O)Nc1ccc(Cl)c(S(=O)(=O)N2CCOCC2)c1. The number of para-hydroxylation sites is 1. The number of halogens is 1. The molecule has 0 unspecified atom stereocenters. The Hall–Kier alpha value is -2.13. The molecular weight excluding hydrogens is 416 g/mol. The monoisotopic (exact) mass is 438 g/mol. The Morgan fingerprint density at radius 3 is 2.48 bits per heavy atom. The number of amides is 1. The number of morpholine rings is 1. The third kappa shape index (κ3) is 5.08. The lowest BCUT2D eigenvalue weighted by atomic mass is 10.1. The van der Waals surface area contributed by atoms with Gasteiger partial charge in [-0.3, -0.25) is 4.79 Å². The molecule has 0 saturated carbocycles. The number of benzene rings is 2. The van der Waals surface area contributed by atoms with Crippen LogP contribution in [0, 0.1) is 13.8 Å². The van der Waals surface area contributed by atoms with Gasteiger partial charge in [0.05, 0.1) is 18.2 Å². The molecule has 2 aromatic rings. The highest BCUT2D eigenvalue weighted by atomic mass is 35.5. The molecule has 0 atom stereocenters. The molecule has 2 aromatic carbocycles. The Labute approximate surface area is 175 Å². The van der Waals surface area contributed by atoms with Gasteiger partial charge in [0, 0.05) is 18.8 Å². The first-order chi connectivity index (χ1) is 13.8. The summed E-state index contributed by atoms with van der Waals surface area (Å²) in [6.45, 7) is 4.81. The van der Waals surface area contributed by atoms with Crippen LogP contribution < -0.4 is 10.1 Å². The van der Waals surface area contributed by atoms with Gasteiger partial charge in [0.25, 0.3) is 5.91 Å². The number of sulfonamides is 1. The number of carbonyl (C=O) groups excluding carboxylic acids is 1. The second kappa shape index (κ2) is 9.13. The van der Waals surface area contributed by atoms with Gasteiger partial charge < -0.3 is 14.8 Å². The van der Waals surface area contributed by atoms with Gasteiger partial charge in [-0.15, -0.1) is 0 Å². The maximum atomic E-state index is 12.9. The van der Waals surface area contributed by atoms with Crippen LogP contribution in [0.4, 0.5) is 5.69 Å². The van der Waals surface area contributed by atoms with E-state index < -0.39 is 15.9 Å². The summed E-state index contributed by atoms with van der Waals surface area (Å²) in [5.74, 6) is 0.263. The van der Waals surface area contributed by atoms with Crippen LogP contribution in [0.25, 0.3) is 0 Å². The average Bonchev–Trinajstić information content (AvgIpc) is 2.69. The summed E-state index contributed by atoms with van der Waals surface area (Å²) >= 11 is 6.14. The minimum absolute atomic E-state index is 0.0467. The quantitative estimate of drug-likeness (QED) is 0.749. The van der Waals surface area contributed by atoms with Crippen LogP contribution in [0.15, 0.2) is 41.3 Å². The van der Waals surface area contributed by atoms with Crippen molar-refractivity contribution in [1.82, 2.24) is 4.31 Å². The van der Waals surface area contributed by atoms with E-state index in [1.54, 1.807) is 6.07 Å². The first-order valence-electron chi connectivity index (χ1n) is 9.15. The molecule has 0 aliphatic carbocycles. The van der Waals surface area contributed by atoms with E-state index in [-0.39, 0.29) is 29.6 Å². The number of nitrogens with zero attached hydrogens (tertiary/aromatic N) is 1. The smallest absolute Gasteiger partial charge is 0.262 e. The number of aryl methyl sites for hydroxylation is 2. The van der Waals surface area contributed by atoms with Gasteiger partial charge in [-0.05, 0) is 43.2 Å². The van der Waals surface area contributed by atoms with Crippen molar-refractivity contribution in [3.8, 4) is 5.75 Å². The Morgan fingerprint density at radius 2 is 1.83 bits per heavy atom. The van der Waals surface area contributed by atoms with Gasteiger partial charge in [0.1, 0.15) is 10.6 Å². The van der Waals surface area contributed by atoms with Crippen LogP contribution in [0.2, 0.25) is 5.02 Å². The van der Waals surface area contributed by atoms with Crippen molar-refractivity contribution < 1.29 is 22.7 Å². The van der Waals surface area contributed by atoms with E-state index in [1.165, 1.54) is 16.4 Å². The molecule has 1 heterocycles. The molecule has 1 aliphatic rings. The highest BCUT2D eigenvalue weighted by molar-refractivity contribution is 7.89. The van der Waals surface area contributed by atoms with E-state index in [9.17, 15) is 13.2 Å². The normalized spacial score (nSPS) is 15.1. The Morgan fingerprint density at radius 1 is 1.17 bits per heavy atom. The molecule has 7 nitrogen and oxygen atoms in total. The van der Waals surface area contributed by atoms with Gasteiger partial charge in [-0.1, -0.05) is 29.8 Å². The first kappa shape index (κ1) is 21.6. The standard InChI is InChI=1S/C20H23ClN2O5S/c1-14-4-3-5-15(2)20(14)28-13-19(24)22-16-6-7-17(21)18(12-16)29(25,26)23-8-10-27-11-9-23/h3-7,12H,8-11,13H2,1-2H3,(H,22,24). The van der Waals surface area contributed by atoms with Gasteiger partial charge in [0.2, 0.25) is 10.0 Å². The molecule has 1 N–H and O–H groups in total. The van der Waals surface area contributed by atoms with Gasteiger partial charge in [-0.2, -0.15) is 4.31 Å². The highest BCUT2D eigenvalue weighted by Gasteiger charge is 2.28. The molecular formula is C20H23ClN2O5S. The third-order valence-corrected chi connectivity index (χ3v) is 6.94. The van der Waals surface area contributed by atoms with Gasteiger partial charge >= 0.3 is 0 Å². The van der Waals surface area contributed by atoms with Crippen LogP contribution in [0.5, 0.6) is 5.75 Å². The molecule has 0 aromatic heterocycles. The number of ether oxygens (including phenoxy) is 2. The molecule has 156 valence electrons. The van der Waals surface area contributed by atoms with Crippen molar-refractivity contribution in [2.24, 2.45) is 0 Å². The fraction of sp³-hybridized carbons (Fsp3) is 0.350. The van der Waals surface area contributed by atoms with E-state index in [0.29, 0.717) is 24.7 Å². The number of hydrogen-bond donors (Lipinski definition) is 1. The Bertz CT molecular complexity index is 984. The van der Waals surface area contributed by atoms with E-state index in [4.69, 9.17) is 21.1 Å². The lowest BCUT2D eigenvalue weighted by Gasteiger charge is -2.26. The lowest BCUT2D eigenvalue weighted by molar-refractivity contribution is -0.118. The van der Waals surface area contributed by atoms with E-state index in [2.05, 4.69) is 5.32 Å². The molecule has 1 aliphatic heterocycles. The van der Waals surface area contributed by atoms with Crippen molar-refractivity contribution >= 4 is 33.2 Å². The summed E-state index contributed by atoms with van der Waals surface area (Å²) in [7, 11) is -3.78. The summed E-state index contributed by atoms with van der Waals surface area (Å²) in [5.41, 5.74) is 2.20. The van der Waals surface area contributed by atoms with Crippen LogP contribution in [0.3, 0.4) is 0 Å². The number of anilines is 1. The highest BCUT2D eigenvalue weighted by Crippen LogP contribution is 2.28. The number of nitrogens with one attached hydrogen (secondary N) is 1. The van der Waals surface area contributed by atoms with E-state index in [1.807, 2.05) is 32.0 Å². The molecule has 29 heavy (non-hydrogen) atoms. The summed E-state index contributed by atoms with van der Waals surface area (Å²) in [6, 6.07) is 10.1. The lowest BCUT2D eigenvalue weighted by Crippen LogP contribution is -2.40. The summed E-state index contributed by atoms with van der Waals surface area (Å²) in [4.78, 5) is 12.3. The largest absolute Gasteiger partial charge is 0.483 e. The van der Waals surface area contributed by atoms with Crippen molar-refractivity contribution in [3.05, 3.63) is 52.5 Å².